The van der Waals surface area contributed by atoms with Crippen molar-refractivity contribution in [1.82, 2.24) is 10.2 Å². The molecule has 4 heteroatoms. The van der Waals surface area contributed by atoms with Gasteiger partial charge in [-0.3, -0.25) is 0 Å². The first-order valence-corrected chi connectivity index (χ1v) is 5.18. The number of hydrogen-bond acceptors (Lipinski definition) is 4. The molecule has 72 valence electrons. The van der Waals surface area contributed by atoms with E-state index in [2.05, 4.69) is 17.1 Å². The molecule has 0 spiro atoms. The fraction of sp³-hybridized carbons (Fsp3) is 0.556. The highest BCUT2D eigenvalue weighted by atomic mass is 32.2. The maximum atomic E-state index is 8.71. The summed E-state index contributed by atoms with van der Waals surface area (Å²) in [5.41, 5.74) is 0.930. The summed E-state index contributed by atoms with van der Waals surface area (Å²) in [7, 11) is 0. The smallest absolute Gasteiger partial charge is 0.119 e. The van der Waals surface area contributed by atoms with Gasteiger partial charge < -0.3 is 5.11 Å². The molecule has 1 aromatic rings. The average Bonchev–Trinajstić information content (AvgIpc) is 2.09. The summed E-state index contributed by atoms with van der Waals surface area (Å²) in [6.45, 7) is 4.22. The zero-order valence-corrected chi connectivity index (χ0v) is 8.71. The summed E-state index contributed by atoms with van der Waals surface area (Å²) >= 11 is 1.64. The number of rotatable bonds is 4. The first-order chi connectivity index (χ1) is 6.22. The Labute approximate surface area is 82.6 Å². The van der Waals surface area contributed by atoms with Crippen LogP contribution in [0.2, 0.25) is 0 Å². The summed E-state index contributed by atoms with van der Waals surface area (Å²) in [6, 6.07) is 3.90. The van der Waals surface area contributed by atoms with E-state index in [-0.39, 0.29) is 6.61 Å². The van der Waals surface area contributed by atoms with Gasteiger partial charge in [0, 0.05) is 11.9 Å². The van der Waals surface area contributed by atoms with Gasteiger partial charge in [-0.15, -0.1) is 16.9 Å². The van der Waals surface area contributed by atoms with E-state index in [1.165, 1.54) is 0 Å². The molecule has 3 nitrogen and oxygen atoms in total. The van der Waals surface area contributed by atoms with Crippen LogP contribution in [0, 0.1) is 6.92 Å². The highest BCUT2D eigenvalue weighted by Gasteiger charge is 2.04. The van der Waals surface area contributed by atoms with Crippen molar-refractivity contribution in [3.8, 4) is 0 Å². The number of hydrogen-bond donors (Lipinski definition) is 1. The SMILES string of the molecule is Cc1ccc(SC(C)CCO)nn1. The Morgan fingerprint density at radius 3 is 2.77 bits per heavy atom. The van der Waals surface area contributed by atoms with Crippen LogP contribution in [0.3, 0.4) is 0 Å². The number of aliphatic hydroxyl groups excluding tert-OH is 1. The zero-order chi connectivity index (χ0) is 9.68. The van der Waals surface area contributed by atoms with Crippen LogP contribution < -0.4 is 0 Å². The van der Waals surface area contributed by atoms with E-state index in [0.29, 0.717) is 5.25 Å². The lowest BCUT2D eigenvalue weighted by Gasteiger charge is -2.07. The maximum Gasteiger partial charge on any atom is 0.119 e. The van der Waals surface area contributed by atoms with Gasteiger partial charge in [0.1, 0.15) is 5.03 Å². The topological polar surface area (TPSA) is 46.0 Å². The normalized spacial score (nSPS) is 12.8. The molecule has 1 heterocycles. The van der Waals surface area contributed by atoms with Crippen molar-refractivity contribution in [2.24, 2.45) is 0 Å². The maximum absolute atomic E-state index is 8.71. The first kappa shape index (κ1) is 10.5. The van der Waals surface area contributed by atoms with Gasteiger partial charge in [-0.25, -0.2) is 0 Å². The molecule has 0 amide bonds. The molecule has 0 fully saturated rings. The summed E-state index contributed by atoms with van der Waals surface area (Å²) < 4.78 is 0. The van der Waals surface area contributed by atoms with Crippen LogP contribution in [0.15, 0.2) is 17.2 Å². The van der Waals surface area contributed by atoms with Crippen molar-refractivity contribution >= 4 is 11.8 Å². The van der Waals surface area contributed by atoms with Crippen LogP contribution in [0.5, 0.6) is 0 Å². The second-order valence-electron chi connectivity index (χ2n) is 2.95. The highest BCUT2D eigenvalue weighted by Crippen LogP contribution is 2.21. The van der Waals surface area contributed by atoms with Gasteiger partial charge in [0.25, 0.3) is 0 Å². The molecule has 0 aromatic carbocycles. The van der Waals surface area contributed by atoms with E-state index in [4.69, 9.17) is 5.11 Å². The number of aromatic nitrogens is 2. The lowest BCUT2D eigenvalue weighted by Crippen LogP contribution is -2.00. The number of aliphatic hydroxyl groups is 1. The molecule has 13 heavy (non-hydrogen) atoms. The van der Waals surface area contributed by atoms with Crippen molar-refractivity contribution in [3.05, 3.63) is 17.8 Å². The third kappa shape index (κ3) is 3.74. The molecule has 1 aromatic heterocycles. The van der Waals surface area contributed by atoms with Crippen LogP contribution in [-0.2, 0) is 0 Å². The molecule has 0 aliphatic rings. The van der Waals surface area contributed by atoms with E-state index in [1.807, 2.05) is 19.1 Å². The van der Waals surface area contributed by atoms with Gasteiger partial charge in [0.05, 0.1) is 5.69 Å². The van der Waals surface area contributed by atoms with Gasteiger partial charge in [-0.1, -0.05) is 6.92 Å². The summed E-state index contributed by atoms with van der Waals surface area (Å²) in [5, 5.41) is 18.0. The molecule has 0 bridgehead atoms. The quantitative estimate of drug-likeness (QED) is 0.747. The Hall–Kier alpha value is -0.610. The van der Waals surface area contributed by atoms with E-state index in [0.717, 1.165) is 17.1 Å². The Kier molecular flexibility index (Phi) is 4.18. The van der Waals surface area contributed by atoms with Crippen LogP contribution in [0.1, 0.15) is 19.0 Å². The monoisotopic (exact) mass is 198 g/mol. The van der Waals surface area contributed by atoms with Crippen molar-refractivity contribution in [1.29, 1.82) is 0 Å². The molecule has 0 saturated carbocycles. The molecule has 0 saturated heterocycles. The van der Waals surface area contributed by atoms with Crippen LogP contribution in [0.4, 0.5) is 0 Å². The molecule has 0 radical (unpaired) electrons. The Bertz CT molecular complexity index is 250. The van der Waals surface area contributed by atoms with Crippen molar-refractivity contribution < 1.29 is 5.11 Å². The van der Waals surface area contributed by atoms with Crippen LogP contribution in [0.25, 0.3) is 0 Å². The van der Waals surface area contributed by atoms with Gasteiger partial charge >= 0.3 is 0 Å². The summed E-state index contributed by atoms with van der Waals surface area (Å²) in [4.78, 5) is 0. The fourth-order valence-corrected chi connectivity index (χ4v) is 1.77. The molecule has 1 unspecified atom stereocenters. The average molecular weight is 198 g/mol. The molecular weight excluding hydrogens is 184 g/mol. The van der Waals surface area contributed by atoms with Gasteiger partial charge in [0.2, 0.25) is 0 Å². The second-order valence-corrected chi connectivity index (χ2v) is 4.41. The summed E-state index contributed by atoms with van der Waals surface area (Å²) in [6.07, 6.45) is 0.792. The number of nitrogens with zero attached hydrogens (tertiary/aromatic N) is 2. The number of aryl methyl sites for hydroxylation is 1. The largest absolute Gasteiger partial charge is 0.396 e. The molecule has 1 rings (SSSR count). The van der Waals surface area contributed by atoms with Crippen molar-refractivity contribution in [2.45, 2.75) is 30.5 Å². The molecule has 0 aliphatic heterocycles. The minimum absolute atomic E-state index is 0.230. The van der Waals surface area contributed by atoms with Gasteiger partial charge in [-0.05, 0) is 25.5 Å². The predicted octanol–water partition coefficient (Wildman–Crippen LogP) is 1.65. The minimum atomic E-state index is 0.230. The standard InChI is InChI=1S/C9H14N2OS/c1-7-3-4-9(11-10-7)13-8(2)5-6-12/h3-4,8,12H,5-6H2,1-2H3. The first-order valence-electron chi connectivity index (χ1n) is 4.30. The van der Waals surface area contributed by atoms with E-state index >= 15 is 0 Å². The predicted molar refractivity (Wildman–Crippen MR) is 53.8 cm³/mol. The summed E-state index contributed by atoms with van der Waals surface area (Å²) in [5.74, 6) is 0. The molecular formula is C9H14N2OS. The molecule has 0 aliphatic carbocycles. The van der Waals surface area contributed by atoms with Gasteiger partial charge in [-0.2, -0.15) is 5.10 Å². The highest BCUT2D eigenvalue weighted by molar-refractivity contribution is 7.99. The fourth-order valence-electron chi connectivity index (χ4n) is 0.896. The Balaban J connectivity index is 2.49. The third-order valence-electron chi connectivity index (χ3n) is 1.63. The van der Waals surface area contributed by atoms with E-state index < -0.39 is 0 Å². The second kappa shape index (κ2) is 5.19. The Morgan fingerprint density at radius 1 is 1.46 bits per heavy atom. The zero-order valence-electron chi connectivity index (χ0n) is 7.90. The third-order valence-corrected chi connectivity index (χ3v) is 2.73. The van der Waals surface area contributed by atoms with E-state index in [1.54, 1.807) is 11.8 Å². The molecule has 1 N–H and O–H groups in total. The van der Waals surface area contributed by atoms with Crippen molar-refractivity contribution in [2.75, 3.05) is 6.61 Å². The number of thioether (sulfide) groups is 1. The minimum Gasteiger partial charge on any atom is -0.396 e. The van der Waals surface area contributed by atoms with Crippen molar-refractivity contribution in [3.63, 3.8) is 0 Å². The van der Waals surface area contributed by atoms with Crippen LogP contribution in [-0.4, -0.2) is 27.2 Å². The van der Waals surface area contributed by atoms with E-state index in [9.17, 15) is 0 Å². The Morgan fingerprint density at radius 2 is 2.23 bits per heavy atom. The molecule has 1 atom stereocenters. The van der Waals surface area contributed by atoms with Gasteiger partial charge in [0.15, 0.2) is 0 Å². The lowest BCUT2D eigenvalue weighted by atomic mass is 10.3. The lowest BCUT2D eigenvalue weighted by molar-refractivity contribution is 0.289. The van der Waals surface area contributed by atoms with Crippen LogP contribution >= 0.6 is 11.8 Å².